The van der Waals surface area contributed by atoms with E-state index in [4.69, 9.17) is 0 Å². The highest BCUT2D eigenvalue weighted by atomic mass is 35.5. The van der Waals surface area contributed by atoms with Gasteiger partial charge in [0, 0.05) is 47.8 Å². The van der Waals surface area contributed by atoms with E-state index in [9.17, 15) is 8.42 Å². The number of nitrogens with zero attached hydrogens (tertiary/aromatic N) is 3. The van der Waals surface area contributed by atoms with E-state index in [0.717, 1.165) is 47.5 Å². The number of aromatic nitrogens is 3. The van der Waals surface area contributed by atoms with Crippen molar-refractivity contribution in [2.45, 2.75) is 17.9 Å². The van der Waals surface area contributed by atoms with Crippen LogP contribution < -0.4 is 10.0 Å². The van der Waals surface area contributed by atoms with Gasteiger partial charge in [0.2, 0.25) is 5.13 Å². The molecule has 0 bridgehead atoms. The number of rotatable bonds is 4. The summed E-state index contributed by atoms with van der Waals surface area (Å²) in [6.45, 7) is 1.84. The lowest BCUT2D eigenvalue weighted by molar-refractivity contribution is 0.601. The van der Waals surface area contributed by atoms with Gasteiger partial charge >= 0.3 is 0 Å². The van der Waals surface area contributed by atoms with Crippen molar-refractivity contribution in [2.24, 2.45) is 7.05 Å². The van der Waals surface area contributed by atoms with Crippen LogP contribution in [0.5, 0.6) is 0 Å². The quantitative estimate of drug-likeness (QED) is 0.485. The Labute approximate surface area is 184 Å². The Bertz CT molecular complexity index is 1320. The third-order valence-electron chi connectivity index (χ3n) is 5.29. The van der Waals surface area contributed by atoms with Gasteiger partial charge in [-0.1, -0.05) is 24.3 Å². The molecule has 0 spiro atoms. The van der Waals surface area contributed by atoms with Crippen molar-refractivity contribution < 1.29 is 8.42 Å². The minimum atomic E-state index is -3.73. The van der Waals surface area contributed by atoms with E-state index < -0.39 is 10.0 Å². The molecule has 1 aliphatic rings. The first kappa shape index (κ1) is 20.8. The van der Waals surface area contributed by atoms with Crippen LogP contribution in [0.15, 0.2) is 53.8 Å². The molecule has 1 aliphatic heterocycles. The maximum Gasteiger partial charge on any atom is 0.263 e. The molecule has 0 aliphatic carbocycles. The van der Waals surface area contributed by atoms with Gasteiger partial charge < -0.3 is 9.88 Å². The Balaban J connectivity index is 0.00000218. The zero-order valence-corrected chi connectivity index (χ0v) is 18.6. The molecule has 0 saturated carbocycles. The van der Waals surface area contributed by atoms with Crippen LogP contribution in [0.25, 0.3) is 22.0 Å². The highest BCUT2D eigenvalue weighted by molar-refractivity contribution is 7.93. The third-order valence-corrected chi connectivity index (χ3v) is 7.34. The molecular weight excluding hydrogens is 442 g/mol. The van der Waals surface area contributed by atoms with E-state index >= 15 is 0 Å². The molecule has 7 nitrogen and oxygen atoms in total. The van der Waals surface area contributed by atoms with Gasteiger partial charge in [-0.05, 0) is 41.8 Å². The van der Waals surface area contributed by atoms with E-state index in [0.29, 0.717) is 0 Å². The van der Waals surface area contributed by atoms with Gasteiger partial charge in [0.05, 0.1) is 4.90 Å². The van der Waals surface area contributed by atoms with Crippen molar-refractivity contribution in [3.8, 4) is 11.1 Å². The monoisotopic (exact) mass is 461 g/mol. The Hall–Kier alpha value is -2.46. The maximum absolute atomic E-state index is 12.7. The van der Waals surface area contributed by atoms with Crippen molar-refractivity contribution in [3.63, 3.8) is 0 Å². The van der Waals surface area contributed by atoms with Crippen molar-refractivity contribution in [1.29, 1.82) is 0 Å². The van der Waals surface area contributed by atoms with Crippen molar-refractivity contribution in [1.82, 2.24) is 19.2 Å². The summed E-state index contributed by atoms with van der Waals surface area (Å²) in [6.07, 6.45) is 4.42. The predicted octanol–water partition coefficient (Wildman–Crippen LogP) is 3.57. The molecule has 0 unspecified atom stereocenters. The highest BCUT2D eigenvalue weighted by Crippen LogP contribution is 2.35. The summed E-state index contributed by atoms with van der Waals surface area (Å²) in [5.41, 5.74) is 5.87. The predicted molar refractivity (Wildman–Crippen MR) is 122 cm³/mol. The van der Waals surface area contributed by atoms with Crippen LogP contribution in [0.1, 0.15) is 11.1 Å². The number of fused-ring (bicyclic) bond motifs is 2. The fraction of sp³-hybridized carbons (Fsp3) is 0.200. The number of aryl methyl sites for hydroxylation is 1. The second-order valence-electron chi connectivity index (χ2n) is 7.05. The molecule has 4 aromatic rings. The molecule has 5 rings (SSSR count). The van der Waals surface area contributed by atoms with Gasteiger partial charge in [0.1, 0.15) is 6.33 Å². The van der Waals surface area contributed by atoms with E-state index in [1.54, 1.807) is 12.1 Å². The van der Waals surface area contributed by atoms with Crippen LogP contribution >= 0.6 is 23.9 Å². The zero-order valence-electron chi connectivity index (χ0n) is 16.1. The number of anilines is 1. The average Bonchev–Trinajstić information content (AvgIpc) is 3.35. The minimum absolute atomic E-state index is 0. The Morgan fingerprint density at radius 2 is 2.07 bits per heavy atom. The Kier molecular flexibility index (Phi) is 5.54. The number of hydrogen-bond acceptors (Lipinski definition) is 6. The lowest BCUT2D eigenvalue weighted by Crippen LogP contribution is -2.24. The Morgan fingerprint density at radius 1 is 1.20 bits per heavy atom. The molecular formula is C20H20ClN5O2S2. The van der Waals surface area contributed by atoms with Crippen LogP contribution in [0.3, 0.4) is 0 Å². The summed E-state index contributed by atoms with van der Waals surface area (Å²) in [4.78, 5) is 4.10. The SMILES string of the molecule is Cl.Cn1cc(-c2cccc3c2CNCC3)c2ccc(S(=O)(=O)Nc3ncns3)cc21. The molecule has 2 N–H and O–H groups in total. The van der Waals surface area contributed by atoms with Gasteiger partial charge in [-0.25, -0.2) is 13.4 Å². The first-order valence-electron chi connectivity index (χ1n) is 9.23. The third kappa shape index (κ3) is 3.58. The van der Waals surface area contributed by atoms with Crippen LogP contribution in [-0.2, 0) is 30.0 Å². The van der Waals surface area contributed by atoms with Gasteiger partial charge in [-0.2, -0.15) is 4.37 Å². The highest BCUT2D eigenvalue weighted by Gasteiger charge is 2.20. The van der Waals surface area contributed by atoms with Crippen LogP contribution in [-0.4, -0.2) is 28.9 Å². The van der Waals surface area contributed by atoms with E-state index in [-0.39, 0.29) is 22.4 Å². The topological polar surface area (TPSA) is 88.9 Å². The normalized spacial score (nSPS) is 13.6. The van der Waals surface area contributed by atoms with Crippen LogP contribution in [0.2, 0.25) is 0 Å². The molecule has 10 heteroatoms. The molecule has 0 radical (unpaired) electrons. The zero-order chi connectivity index (χ0) is 20.0. The summed E-state index contributed by atoms with van der Waals surface area (Å²) in [5.74, 6) is 0. The fourth-order valence-electron chi connectivity index (χ4n) is 3.90. The molecule has 30 heavy (non-hydrogen) atoms. The number of benzene rings is 2. The van der Waals surface area contributed by atoms with Crippen molar-refractivity contribution in [3.05, 3.63) is 60.0 Å². The standard InChI is InChI=1S/C20H19N5O2S2.ClH/c1-25-11-18(15-4-2-3-13-7-8-21-10-17(13)15)16-6-5-14(9-19(16)25)29(26,27)24-20-22-12-23-28-20;/h2-6,9,11-12,21H,7-8,10H2,1H3,(H,22,23,24);1H. The van der Waals surface area contributed by atoms with Crippen molar-refractivity contribution >= 4 is 50.0 Å². The smallest absolute Gasteiger partial charge is 0.263 e. The van der Waals surface area contributed by atoms with Crippen molar-refractivity contribution in [2.75, 3.05) is 11.3 Å². The summed E-state index contributed by atoms with van der Waals surface area (Å²) in [7, 11) is -1.79. The van der Waals surface area contributed by atoms with E-state index in [1.807, 2.05) is 17.7 Å². The number of nitrogens with one attached hydrogen (secondary N) is 2. The van der Waals surface area contributed by atoms with Gasteiger partial charge in [-0.15, -0.1) is 12.4 Å². The summed E-state index contributed by atoms with van der Waals surface area (Å²) in [6, 6.07) is 11.7. The first-order valence-corrected chi connectivity index (χ1v) is 11.5. The molecule has 0 atom stereocenters. The number of halogens is 1. The average molecular weight is 462 g/mol. The second kappa shape index (κ2) is 7.99. The largest absolute Gasteiger partial charge is 0.350 e. The molecule has 0 fully saturated rings. The van der Waals surface area contributed by atoms with Gasteiger partial charge in [-0.3, -0.25) is 4.72 Å². The number of sulfonamides is 1. The van der Waals surface area contributed by atoms with Crippen LogP contribution in [0, 0.1) is 0 Å². The molecule has 2 aromatic carbocycles. The minimum Gasteiger partial charge on any atom is -0.350 e. The summed E-state index contributed by atoms with van der Waals surface area (Å²) < 4.78 is 33.8. The number of hydrogen-bond donors (Lipinski definition) is 2. The maximum atomic E-state index is 12.7. The van der Waals surface area contributed by atoms with Gasteiger partial charge in [0.15, 0.2) is 0 Å². The summed E-state index contributed by atoms with van der Waals surface area (Å²) >= 11 is 1.00. The van der Waals surface area contributed by atoms with E-state index in [2.05, 4.69) is 43.8 Å². The van der Waals surface area contributed by atoms with Crippen LogP contribution in [0.4, 0.5) is 5.13 Å². The Morgan fingerprint density at radius 3 is 2.87 bits per heavy atom. The molecule has 156 valence electrons. The van der Waals surface area contributed by atoms with E-state index in [1.165, 1.54) is 23.0 Å². The molecule has 0 saturated heterocycles. The fourth-order valence-corrected chi connectivity index (χ4v) is 5.58. The lowest BCUT2D eigenvalue weighted by Gasteiger charge is -2.20. The first-order chi connectivity index (χ1) is 14.0. The lowest BCUT2D eigenvalue weighted by atomic mass is 9.92. The summed E-state index contributed by atoms with van der Waals surface area (Å²) in [5, 5.41) is 4.73. The van der Waals surface area contributed by atoms with Gasteiger partial charge in [0.25, 0.3) is 10.0 Å². The molecule has 2 aromatic heterocycles. The second-order valence-corrected chi connectivity index (χ2v) is 9.52. The molecule has 3 heterocycles. The molecule has 0 amide bonds.